The number of carbonyl (C=O) groups is 1. The number of hydrogen-bond acceptors (Lipinski definition) is 7. The number of aryl methyl sites for hydroxylation is 1. The van der Waals surface area contributed by atoms with E-state index in [0.717, 1.165) is 5.82 Å². The van der Waals surface area contributed by atoms with Crippen molar-refractivity contribution in [3.8, 4) is 0 Å². The average molecular weight is 262 g/mol. The molecule has 0 aliphatic heterocycles. The standard InChI is InChI=1S/C11H14N6O2/c1-17-6-15-16-9(17)5-14-10-8(11(18)19-2)3-7(12)4-13-10/h3-4,6H,5,12H2,1-2H3,(H,13,14). The highest BCUT2D eigenvalue weighted by Crippen LogP contribution is 2.17. The Morgan fingerprint density at radius 1 is 1.58 bits per heavy atom. The molecule has 8 nitrogen and oxygen atoms in total. The lowest BCUT2D eigenvalue weighted by Gasteiger charge is -2.09. The van der Waals surface area contributed by atoms with Gasteiger partial charge in [0.05, 0.1) is 25.5 Å². The predicted octanol–water partition coefficient (Wildman–Crippen LogP) is 0.191. The minimum absolute atomic E-state index is 0.282. The third-order valence-corrected chi connectivity index (χ3v) is 2.53. The van der Waals surface area contributed by atoms with Crippen LogP contribution in [0, 0.1) is 0 Å². The van der Waals surface area contributed by atoms with Crippen LogP contribution in [0.15, 0.2) is 18.6 Å². The molecule has 0 aliphatic rings. The van der Waals surface area contributed by atoms with Crippen LogP contribution in [0.5, 0.6) is 0 Å². The van der Waals surface area contributed by atoms with Gasteiger partial charge in [0.15, 0.2) is 5.82 Å². The molecule has 2 heterocycles. The monoisotopic (exact) mass is 262 g/mol. The second kappa shape index (κ2) is 5.34. The van der Waals surface area contributed by atoms with Crippen LogP contribution in [0.4, 0.5) is 11.5 Å². The molecule has 0 saturated heterocycles. The minimum atomic E-state index is -0.500. The molecule has 0 radical (unpaired) electrons. The van der Waals surface area contributed by atoms with Crippen molar-refractivity contribution in [2.24, 2.45) is 7.05 Å². The van der Waals surface area contributed by atoms with Gasteiger partial charge < -0.3 is 20.4 Å². The Balaban J connectivity index is 2.20. The van der Waals surface area contributed by atoms with Crippen molar-refractivity contribution in [2.75, 3.05) is 18.2 Å². The summed E-state index contributed by atoms with van der Waals surface area (Å²) in [5, 5.41) is 10.7. The highest BCUT2D eigenvalue weighted by molar-refractivity contribution is 5.95. The molecule has 0 fully saturated rings. The van der Waals surface area contributed by atoms with Crippen LogP contribution in [-0.2, 0) is 18.3 Å². The second-order valence-corrected chi connectivity index (χ2v) is 3.87. The number of methoxy groups -OCH3 is 1. The quantitative estimate of drug-likeness (QED) is 0.757. The van der Waals surface area contributed by atoms with Gasteiger partial charge in [0.25, 0.3) is 0 Å². The number of hydrogen-bond donors (Lipinski definition) is 2. The van der Waals surface area contributed by atoms with Gasteiger partial charge in [0.1, 0.15) is 17.7 Å². The van der Waals surface area contributed by atoms with Crippen LogP contribution >= 0.6 is 0 Å². The predicted molar refractivity (Wildman–Crippen MR) is 68.3 cm³/mol. The minimum Gasteiger partial charge on any atom is -0.465 e. The molecule has 8 heteroatoms. The van der Waals surface area contributed by atoms with Crippen molar-refractivity contribution in [3.63, 3.8) is 0 Å². The number of esters is 1. The van der Waals surface area contributed by atoms with E-state index >= 15 is 0 Å². The van der Waals surface area contributed by atoms with E-state index in [9.17, 15) is 4.79 Å². The Bertz CT molecular complexity index is 595. The van der Waals surface area contributed by atoms with Crippen LogP contribution in [0.1, 0.15) is 16.2 Å². The van der Waals surface area contributed by atoms with Gasteiger partial charge in [-0.25, -0.2) is 9.78 Å². The maximum absolute atomic E-state index is 11.6. The molecule has 0 unspecified atom stereocenters. The molecule has 2 aromatic rings. The Hall–Kier alpha value is -2.64. The number of nitrogens with one attached hydrogen (secondary N) is 1. The summed E-state index contributed by atoms with van der Waals surface area (Å²) in [4.78, 5) is 15.7. The summed E-state index contributed by atoms with van der Waals surface area (Å²) in [7, 11) is 3.13. The second-order valence-electron chi connectivity index (χ2n) is 3.87. The maximum atomic E-state index is 11.6. The van der Waals surface area contributed by atoms with Gasteiger partial charge in [-0.05, 0) is 6.07 Å². The largest absolute Gasteiger partial charge is 0.465 e. The summed E-state index contributed by atoms with van der Waals surface area (Å²) in [6.07, 6.45) is 3.06. The fourth-order valence-corrected chi connectivity index (χ4v) is 1.52. The van der Waals surface area contributed by atoms with Gasteiger partial charge in [-0.1, -0.05) is 0 Å². The van der Waals surface area contributed by atoms with Gasteiger partial charge >= 0.3 is 5.97 Å². The fraction of sp³-hybridized carbons (Fsp3) is 0.273. The smallest absolute Gasteiger partial charge is 0.341 e. The summed E-state index contributed by atoms with van der Waals surface area (Å²) in [5.41, 5.74) is 6.29. The fourth-order valence-electron chi connectivity index (χ4n) is 1.52. The van der Waals surface area contributed by atoms with E-state index in [0.29, 0.717) is 18.1 Å². The van der Waals surface area contributed by atoms with Crippen LogP contribution in [0.25, 0.3) is 0 Å². The zero-order valence-electron chi connectivity index (χ0n) is 10.6. The van der Waals surface area contributed by atoms with Gasteiger partial charge in [0.2, 0.25) is 0 Å². The molecule has 0 atom stereocenters. The first-order valence-electron chi connectivity index (χ1n) is 5.52. The first kappa shape index (κ1) is 12.8. The molecular formula is C11H14N6O2. The van der Waals surface area contributed by atoms with Crippen molar-refractivity contribution in [2.45, 2.75) is 6.54 Å². The molecule has 19 heavy (non-hydrogen) atoms. The average Bonchev–Trinajstić information content (AvgIpc) is 2.82. The molecule has 100 valence electrons. The Morgan fingerprint density at radius 3 is 3.00 bits per heavy atom. The molecule has 2 rings (SSSR count). The zero-order chi connectivity index (χ0) is 13.8. The number of ether oxygens (including phenoxy) is 1. The van der Waals surface area contributed by atoms with Crippen molar-refractivity contribution in [3.05, 3.63) is 30.0 Å². The highest BCUT2D eigenvalue weighted by Gasteiger charge is 2.14. The summed E-state index contributed by atoms with van der Waals surface area (Å²) >= 11 is 0. The van der Waals surface area contributed by atoms with E-state index in [2.05, 4.69) is 25.2 Å². The lowest BCUT2D eigenvalue weighted by atomic mass is 10.2. The third kappa shape index (κ3) is 2.79. The molecule has 0 spiro atoms. The van der Waals surface area contributed by atoms with Crippen molar-refractivity contribution in [1.29, 1.82) is 0 Å². The molecule has 0 saturated carbocycles. The molecular weight excluding hydrogens is 248 g/mol. The molecule has 0 bridgehead atoms. The van der Waals surface area contributed by atoms with E-state index in [1.165, 1.54) is 19.4 Å². The maximum Gasteiger partial charge on any atom is 0.341 e. The number of rotatable bonds is 4. The van der Waals surface area contributed by atoms with Gasteiger partial charge in [0, 0.05) is 7.05 Å². The molecule has 0 aromatic carbocycles. The first-order valence-corrected chi connectivity index (χ1v) is 5.52. The number of anilines is 2. The van der Waals surface area contributed by atoms with E-state index in [4.69, 9.17) is 5.73 Å². The summed E-state index contributed by atoms with van der Waals surface area (Å²) in [6.45, 7) is 0.386. The number of nitrogens with two attached hydrogens (primary N) is 1. The van der Waals surface area contributed by atoms with E-state index in [-0.39, 0.29) is 5.56 Å². The first-order chi connectivity index (χ1) is 9.11. The molecule has 0 aliphatic carbocycles. The number of nitrogens with zero attached hydrogens (tertiary/aromatic N) is 4. The zero-order valence-corrected chi connectivity index (χ0v) is 10.6. The number of pyridine rings is 1. The van der Waals surface area contributed by atoms with Crippen LogP contribution in [0.3, 0.4) is 0 Å². The normalized spacial score (nSPS) is 10.2. The Labute approximate surface area is 109 Å². The molecule has 3 N–H and O–H groups in total. The van der Waals surface area contributed by atoms with Crippen molar-refractivity contribution in [1.82, 2.24) is 19.7 Å². The number of nitrogen functional groups attached to an aromatic ring is 1. The summed E-state index contributed by atoms with van der Waals surface area (Å²) < 4.78 is 6.45. The van der Waals surface area contributed by atoms with Gasteiger partial charge in [-0.2, -0.15) is 0 Å². The van der Waals surface area contributed by atoms with Crippen LogP contribution in [0.2, 0.25) is 0 Å². The van der Waals surface area contributed by atoms with E-state index < -0.39 is 5.97 Å². The lowest BCUT2D eigenvalue weighted by molar-refractivity contribution is 0.0601. The summed E-state index contributed by atoms with van der Waals surface area (Å²) in [5.74, 6) is 0.610. The van der Waals surface area contributed by atoms with Crippen molar-refractivity contribution >= 4 is 17.5 Å². The summed E-state index contributed by atoms with van der Waals surface area (Å²) in [6, 6.07) is 1.51. The Kier molecular flexibility index (Phi) is 3.60. The van der Waals surface area contributed by atoms with Crippen LogP contribution < -0.4 is 11.1 Å². The highest BCUT2D eigenvalue weighted by atomic mass is 16.5. The van der Waals surface area contributed by atoms with E-state index in [1.54, 1.807) is 10.9 Å². The molecule has 0 amide bonds. The third-order valence-electron chi connectivity index (χ3n) is 2.53. The van der Waals surface area contributed by atoms with Crippen LogP contribution in [-0.4, -0.2) is 32.8 Å². The van der Waals surface area contributed by atoms with Gasteiger partial charge in [-0.15, -0.1) is 10.2 Å². The number of aromatic nitrogens is 4. The lowest BCUT2D eigenvalue weighted by Crippen LogP contribution is -2.12. The van der Waals surface area contributed by atoms with E-state index in [1.807, 2.05) is 7.05 Å². The topological polar surface area (TPSA) is 108 Å². The van der Waals surface area contributed by atoms with Crippen molar-refractivity contribution < 1.29 is 9.53 Å². The molecule has 2 aromatic heterocycles. The van der Waals surface area contributed by atoms with Gasteiger partial charge in [-0.3, -0.25) is 0 Å². The Morgan fingerprint density at radius 2 is 2.37 bits per heavy atom. The SMILES string of the molecule is COC(=O)c1cc(N)cnc1NCc1nncn1C. The number of carbonyl (C=O) groups excluding carboxylic acids is 1.